The standard InChI is InChI=1S/C18H21FN2.ClH/c19-17-6-4-14(5-7-17)10-16-8-9-21(13-16)12-15-2-1-3-18(20)11-15;/h1-7,11,16H,8-10,12-13,20H2;1H. The van der Waals surface area contributed by atoms with Gasteiger partial charge in [-0.05, 0) is 60.7 Å². The molecule has 0 amide bonds. The highest BCUT2D eigenvalue weighted by Crippen LogP contribution is 2.23. The summed E-state index contributed by atoms with van der Waals surface area (Å²) in [6.07, 6.45) is 2.24. The fourth-order valence-electron chi connectivity index (χ4n) is 3.13. The largest absolute Gasteiger partial charge is 0.399 e. The lowest BCUT2D eigenvalue weighted by molar-refractivity contribution is 0.316. The van der Waals surface area contributed by atoms with Crippen LogP contribution in [0.5, 0.6) is 0 Å². The van der Waals surface area contributed by atoms with Gasteiger partial charge in [0.2, 0.25) is 0 Å². The predicted octanol–water partition coefficient (Wildman–Crippen LogP) is 3.89. The van der Waals surface area contributed by atoms with Crippen LogP contribution in [0.25, 0.3) is 0 Å². The van der Waals surface area contributed by atoms with Crippen LogP contribution < -0.4 is 5.73 Å². The van der Waals surface area contributed by atoms with E-state index in [2.05, 4.69) is 11.0 Å². The second kappa shape index (κ2) is 7.61. The van der Waals surface area contributed by atoms with E-state index in [9.17, 15) is 4.39 Å². The highest BCUT2D eigenvalue weighted by Gasteiger charge is 2.22. The van der Waals surface area contributed by atoms with E-state index in [0.717, 1.165) is 31.7 Å². The minimum atomic E-state index is -0.159. The lowest BCUT2D eigenvalue weighted by Gasteiger charge is -2.16. The van der Waals surface area contributed by atoms with Gasteiger partial charge in [0.15, 0.2) is 0 Å². The van der Waals surface area contributed by atoms with Gasteiger partial charge in [-0.25, -0.2) is 4.39 Å². The maximum atomic E-state index is 12.9. The number of hydrogen-bond acceptors (Lipinski definition) is 2. The molecule has 1 aliphatic heterocycles. The summed E-state index contributed by atoms with van der Waals surface area (Å²) in [6, 6.07) is 15.0. The van der Waals surface area contributed by atoms with Crippen LogP contribution in [0.3, 0.4) is 0 Å². The Hall–Kier alpha value is -1.58. The summed E-state index contributed by atoms with van der Waals surface area (Å²) in [7, 11) is 0. The zero-order valence-electron chi connectivity index (χ0n) is 12.5. The molecule has 0 aromatic heterocycles. The molecule has 1 atom stereocenters. The van der Waals surface area contributed by atoms with E-state index in [1.165, 1.54) is 17.5 Å². The third-order valence-corrected chi connectivity index (χ3v) is 4.16. The van der Waals surface area contributed by atoms with Gasteiger partial charge in [-0.2, -0.15) is 0 Å². The lowest BCUT2D eigenvalue weighted by atomic mass is 9.99. The van der Waals surface area contributed by atoms with Crippen LogP contribution in [0.15, 0.2) is 48.5 Å². The summed E-state index contributed by atoms with van der Waals surface area (Å²) in [4.78, 5) is 2.48. The third-order valence-electron chi connectivity index (χ3n) is 4.16. The Morgan fingerprint density at radius 1 is 1.09 bits per heavy atom. The van der Waals surface area contributed by atoms with Gasteiger partial charge in [0.25, 0.3) is 0 Å². The Balaban J connectivity index is 0.00000176. The molecule has 22 heavy (non-hydrogen) atoms. The van der Waals surface area contributed by atoms with E-state index in [1.807, 2.05) is 30.3 Å². The number of rotatable bonds is 4. The maximum Gasteiger partial charge on any atom is 0.123 e. The Morgan fingerprint density at radius 3 is 2.59 bits per heavy atom. The molecule has 0 bridgehead atoms. The first-order valence-electron chi connectivity index (χ1n) is 7.50. The summed E-state index contributed by atoms with van der Waals surface area (Å²) in [5.74, 6) is 0.505. The first-order chi connectivity index (χ1) is 10.2. The molecule has 1 heterocycles. The molecule has 2 nitrogen and oxygen atoms in total. The molecule has 1 unspecified atom stereocenters. The summed E-state index contributed by atoms with van der Waals surface area (Å²) in [6.45, 7) is 3.19. The fraction of sp³-hybridized carbons (Fsp3) is 0.333. The topological polar surface area (TPSA) is 29.3 Å². The first kappa shape index (κ1) is 16.8. The molecule has 2 aromatic rings. The molecule has 0 radical (unpaired) electrons. The van der Waals surface area contributed by atoms with Crippen LogP contribution in [0.2, 0.25) is 0 Å². The van der Waals surface area contributed by atoms with Crippen LogP contribution in [0.4, 0.5) is 10.1 Å². The van der Waals surface area contributed by atoms with Crippen molar-refractivity contribution < 1.29 is 4.39 Å². The minimum absolute atomic E-state index is 0. The van der Waals surface area contributed by atoms with Gasteiger partial charge in [-0.15, -0.1) is 12.4 Å². The monoisotopic (exact) mass is 320 g/mol. The van der Waals surface area contributed by atoms with Crippen molar-refractivity contribution in [3.63, 3.8) is 0 Å². The van der Waals surface area contributed by atoms with Crippen molar-refractivity contribution in [2.45, 2.75) is 19.4 Å². The minimum Gasteiger partial charge on any atom is -0.399 e. The van der Waals surface area contributed by atoms with E-state index in [4.69, 9.17) is 5.73 Å². The van der Waals surface area contributed by atoms with Gasteiger partial charge < -0.3 is 5.73 Å². The Kier molecular flexibility index (Phi) is 5.81. The second-order valence-corrected chi connectivity index (χ2v) is 5.97. The molecule has 1 fully saturated rings. The Labute approximate surface area is 137 Å². The highest BCUT2D eigenvalue weighted by atomic mass is 35.5. The van der Waals surface area contributed by atoms with Crippen molar-refractivity contribution in [1.82, 2.24) is 4.90 Å². The van der Waals surface area contributed by atoms with E-state index in [1.54, 1.807) is 12.1 Å². The van der Waals surface area contributed by atoms with Crippen molar-refractivity contribution >= 4 is 18.1 Å². The SMILES string of the molecule is Cl.Nc1cccc(CN2CCC(Cc3ccc(F)cc3)C2)c1. The van der Waals surface area contributed by atoms with E-state index in [-0.39, 0.29) is 18.2 Å². The van der Waals surface area contributed by atoms with Crippen LogP contribution in [0.1, 0.15) is 17.5 Å². The highest BCUT2D eigenvalue weighted by molar-refractivity contribution is 5.85. The average Bonchev–Trinajstić information content (AvgIpc) is 2.89. The summed E-state index contributed by atoms with van der Waals surface area (Å²) in [5.41, 5.74) is 9.16. The number of halogens is 2. The smallest absolute Gasteiger partial charge is 0.123 e. The quantitative estimate of drug-likeness (QED) is 0.866. The molecule has 118 valence electrons. The van der Waals surface area contributed by atoms with Gasteiger partial charge in [-0.1, -0.05) is 24.3 Å². The van der Waals surface area contributed by atoms with Crippen LogP contribution in [0, 0.1) is 11.7 Å². The summed E-state index contributed by atoms with van der Waals surface area (Å²) < 4.78 is 12.9. The van der Waals surface area contributed by atoms with E-state index < -0.39 is 0 Å². The van der Waals surface area contributed by atoms with Gasteiger partial charge in [0.05, 0.1) is 0 Å². The van der Waals surface area contributed by atoms with Crippen molar-refractivity contribution in [2.24, 2.45) is 5.92 Å². The lowest BCUT2D eigenvalue weighted by Crippen LogP contribution is -2.20. The number of nitrogen functional groups attached to an aromatic ring is 1. The molecule has 1 aliphatic rings. The number of hydrogen-bond donors (Lipinski definition) is 1. The number of anilines is 1. The number of likely N-dealkylation sites (tertiary alicyclic amines) is 1. The molecular weight excluding hydrogens is 299 g/mol. The predicted molar refractivity (Wildman–Crippen MR) is 91.6 cm³/mol. The molecule has 2 aromatic carbocycles. The average molecular weight is 321 g/mol. The van der Waals surface area contributed by atoms with Crippen molar-refractivity contribution in [1.29, 1.82) is 0 Å². The summed E-state index contributed by atoms with van der Waals surface area (Å²) in [5, 5.41) is 0. The first-order valence-corrected chi connectivity index (χ1v) is 7.50. The molecular formula is C18H22ClFN2. The maximum absolute atomic E-state index is 12.9. The van der Waals surface area contributed by atoms with E-state index in [0.29, 0.717) is 5.92 Å². The zero-order valence-corrected chi connectivity index (χ0v) is 13.4. The second-order valence-electron chi connectivity index (χ2n) is 5.97. The molecule has 4 heteroatoms. The van der Waals surface area contributed by atoms with Crippen LogP contribution in [-0.4, -0.2) is 18.0 Å². The van der Waals surface area contributed by atoms with Crippen LogP contribution in [-0.2, 0) is 13.0 Å². The molecule has 2 N–H and O–H groups in total. The Bertz CT molecular complexity index is 600. The van der Waals surface area contributed by atoms with Gasteiger partial charge in [0.1, 0.15) is 5.82 Å². The molecule has 1 saturated heterocycles. The Morgan fingerprint density at radius 2 is 1.86 bits per heavy atom. The molecule has 0 aliphatic carbocycles. The van der Waals surface area contributed by atoms with Crippen molar-refractivity contribution in [2.75, 3.05) is 18.8 Å². The number of nitrogens with zero attached hydrogens (tertiary/aromatic N) is 1. The zero-order chi connectivity index (χ0) is 14.7. The van der Waals surface area contributed by atoms with Gasteiger partial charge in [-0.3, -0.25) is 4.90 Å². The number of nitrogens with two attached hydrogens (primary N) is 1. The third kappa shape index (κ3) is 4.46. The van der Waals surface area contributed by atoms with Gasteiger partial charge in [0, 0.05) is 18.8 Å². The normalized spacial score (nSPS) is 18.1. The molecule has 3 rings (SSSR count). The van der Waals surface area contributed by atoms with Crippen LogP contribution >= 0.6 is 12.4 Å². The molecule has 0 saturated carbocycles. The summed E-state index contributed by atoms with van der Waals surface area (Å²) >= 11 is 0. The van der Waals surface area contributed by atoms with Crippen molar-refractivity contribution in [3.05, 3.63) is 65.5 Å². The van der Waals surface area contributed by atoms with Gasteiger partial charge >= 0.3 is 0 Å². The van der Waals surface area contributed by atoms with E-state index >= 15 is 0 Å². The fourth-order valence-corrected chi connectivity index (χ4v) is 3.13. The molecule has 0 spiro atoms. The van der Waals surface area contributed by atoms with Crippen molar-refractivity contribution in [3.8, 4) is 0 Å². The number of benzene rings is 2.